The van der Waals surface area contributed by atoms with Crippen molar-refractivity contribution in [2.75, 3.05) is 0 Å². The number of alkyl halides is 3. The summed E-state index contributed by atoms with van der Waals surface area (Å²) in [5, 5.41) is -0.376. The molecule has 0 aliphatic heterocycles. The zero-order valence-corrected chi connectivity index (χ0v) is 7.52. The third-order valence-electron chi connectivity index (χ3n) is 1.48. The van der Waals surface area contributed by atoms with Crippen molar-refractivity contribution in [1.29, 1.82) is 0 Å². The van der Waals surface area contributed by atoms with E-state index in [0.717, 1.165) is 11.3 Å². The highest BCUT2D eigenvalue weighted by Gasteiger charge is 2.32. The molecule has 1 heterocycles. The van der Waals surface area contributed by atoms with Crippen LogP contribution in [0.3, 0.4) is 0 Å². The summed E-state index contributed by atoms with van der Waals surface area (Å²) in [7, 11) is 0. The van der Waals surface area contributed by atoms with Crippen molar-refractivity contribution in [3.63, 3.8) is 0 Å². The van der Waals surface area contributed by atoms with Gasteiger partial charge in [0.2, 0.25) is 0 Å². The summed E-state index contributed by atoms with van der Waals surface area (Å²) in [6.45, 7) is 0. The Balaban J connectivity index is 2.36. The zero-order valence-electron chi connectivity index (χ0n) is 6.71. The normalized spacial score (nSPS) is 11.9. The highest BCUT2D eigenvalue weighted by Crippen LogP contribution is 2.31. The largest absolute Gasteiger partial charge is 0.574 e. The third kappa shape index (κ3) is 1.95. The van der Waals surface area contributed by atoms with Gasteiger partial charge in [-0.1, -0.05) is 23.5 Å². The van der Waals surface area contributed by atoms with Crippen LogP contribution in [0.2, 0.25) is 0 Å². The van der Waals surface area contributed by atoms with Crippen LogP contribution in [0.25, 0.3) is 10.2 Å². The number of ether oxygens (including phenoxy) is 1. The van der Waals surface area contributed by atoms with E-state index in [2.05, 4.69) is 9.72 Å². The van der Waals surface area contributed by atoms with Crippen LogP contribution in [0.5, 0.6) is 5.19 Å². The van der Waals surface area contributed by atoms with E-state index in [1.54, 1.807) is 24.3 Å². The monoisotopic (exact) mass is 219 g/mol. The van der Waals surface area contributed by atoms with Crippen molar-refractivity contribution in [1.82, 2.24) is 4.98 Å². The minimum atomic E-state index is -4.67. The van der Waals surface area contributed by atoms with Gasteiger partial charge < -0.3 is 4.74 Å². The number of halogens is 3. The summed E-state index contributed by atoms with van der Waals surface area (Å²) in [5.41, 5.74) is 0.511. The molecule has 6 heteroatoms. The van der Waals surface area contributed by atoms with E-state index in [4.69, 9.17) is 0 Å². The van der Waals surface area contributed by atoms with E-state index in [0.29, 0.717) is 10.2 Å². The van der Waals surface area contributed by atoms with Crippen molar-refractivity contribution >= 4 is 21.6 Å². The Labute approximate surface area is 80.9 Å². The van der Waals surface area contributed by atoms with E-state index >= 15 is 0 Å². The molecule has 0 radical (unpaired) electrons. The molecule has 0 saturated carbocycles. The lowest BCUT2D eigenvalue weighted by Crippen LogP contribution is -2.16. The van der Waals surface area contributed by atoms with Gasteiger partial charge in [0.25, 0.3) is 5.19 Å². The van der Waals surface area contributed by atoms with E-state index in [1.807, 2.05) is 0 Å². The molecular formula is C8H4F3NOS. The Hall–Kier alpha value is -1.30. The number of aromatic nitrogens is 1. The van der Waals surface area contributed by atoms with Gasteiger partial charge >= 0.3 is 6.36 Å². The fourth-order valence-corrected chi connectivity index (χ4v) is 1.83. The highest BCUT2D eigenvalue weighted by molar-refractivity contribution is 7.20. The van der Waals surface area contributed by atoms with E-state index < -0.39 is 6.36 Å². The van der Waals surface area contributed by atoms with Crippen LogP contribution in [0.4, 0.5) is 13.2 Å². The van der Waals surface area contributed by atoms with E-state index in [-0.39, 0.29) is 5.19 Å². The van der Waals surface area contributed by atoms with Crippen LogP contribution >= 0.6 is 11.3 Å². The summed E-state index contributed by atoms with van der Waals surface area (Å²) >= 11 is 0.871. The molecule has 0 aliphatic rings. The van der Waals surface area contributed by atoms with Crippen LogP contribution in [0.1, 0.15) is 0 Å². The first-order chi connectivity index (χ1) is 6.54. The summed E-state index contributed by atoms with van der Waals surface area (Å²) in [5.74, 6) is 0. The predicted molar refractivity (Wildman–Crippen MR) is 46.3 cm³/mol. The second-order valence-corrected chi connectivity index (χ2v) is 3.49. The molecule has 14 heavy (non-hydrogen) atoms. The van der Waals surface area contributed by atoms with Crippen LogP contribution in [0, 0.1) is 0 Å². The topological polar surface area (TPSA) is 22.1 Å². The maximum atomic E-state index is 11.8. The second kappa shape index (κ2) is 3.13. The first-order valence-corrected chi connectivity index (χ1v) is 4.47. The SMILES string of the molecule is FC(F)(F)Oc1nc2ccccc2s1. The number of rotatable bonds is 1. The molecular weight excluding hydrogens is 215 g/mol. The molecule has 2 nitrogen and oxygen atoms in total. The molecule has 2 rings (SSSR count). The second-order valence-electron chi connectivity index (χ2n) is 2.50. The summed E-state index contributed by atoms with van der Waals surface area (Å²) < 4.78 is 39.8. The number of hydrogen-bond acceptors (Lipinski definition) is 3. The number of hydrogen-bond donors (Lipinski definition) is 0. The molecule has 0 saturated heterocycles. The molecule has 0 spiro atoms. The maximum absolute atomic E-state index is 11.8. The first kappa shape index (κ1) is 9.26. The molecule has 0 bridgehead atoms. The number of fused-ring (bicyclic) bond motifs is 1. The van der Waals surface area contributed by atoms with Gasteiger partial charge in [-0.25, -0.2) is 4.98 Å². The molecule has 0 aliphatic carbocycles. The molecule has 0 atom stereocenters. The summed E-state index contributed by atoms with van der Waals surface area (Å²) in [6.07, 6.45) is -4.67. The van der Waals surface area contributed by atoms with Crippen molar-refractivity contribution in [3.05, 3.63) is 24.3 Å². The number of nitrogens with zero attached hydrogens (tertiary/aromatic N) is 1. The minimum Gasteiger partial charge on any atom is -0.378 e. The Morgan fingerprint density at radius 1 is 1.21 bits per heavy atom. The standard InChI is InChI=1S/C8H4F3NOS/c9-8(10,11)13-7-12-5-3-1-2-4-6(5)14-7/h1-4H. The molecule has 0 amide bonds. The Bertz CT molecular complexity index is 418. The van der Waals surface area contributed by atoms with Crippen LogP contribution in [-0.4, -0.2) is 11.3 Å². The van der Waals surface area contributed by atoms with Crippen molar-refractivity contribution in [2.45, 2.75) is 6.36 Å². The molecule has 0 N–H and O–H groups in total. The fourth-order valence-electron chi connectivity index (χ4n) is 0.994. The van der Waals surface area contributed by atoms with Gasteiger partial charge in [0.05, 0.1) is 10.2 Å². The molecule has 0 unspecified atom stereocenters. The van der Waals surface area contributed by atoms with E-state index in [9.17, 15) is 13.2 Å². The van der Waals surface area contributed by atoms with Gasteiger partial charge in [-0.2, -0.15) is 0 Å². The molecule has 0 fully saturated rings. The smallest absolute Gasteiger partial charge is 0.378 e. The highest BCUT2D eigenvalue weighted by atomic mass is 32.1. The van der Waals surface area contributed by atoms with Gasteiger partial charge in [-0.15, -0.1) is 13.2 Å². The lowest BCUT2D eigenvalue weighted by atomic mass is 10.3. The summed E-state index contributed by atoms with van der Waals surface area (Å²) in [4.78, 5) is 3.67. The summed E-state index contributed by atoms with van der Waals surface area (Å²) in [6, 6.07) is 6.77. The predicted octanol–water partition coefficient (Wildman–Crippen LogP) is 3.19. The van der Waals surface area contributed by atoms with Crippen molar-refractivity contribution < 1.29 is 17.9 Å². The lowest BCUT2D eigenvalue weighted by Gasteiger charge is -2.03. The zero-order chi connectivity index (χ0) is 10.2. The van der Waals surface area contributed by atoms with Crippen molar-refractivity contribution in [2.24, 2.45) is 0 Å². The molecule has 2 aromatic rings. The number of thiazole rings is 1. The molecule has 74 valence electrons. The van der Waals surface area contributed by atoms with Crippen molar-refractivity contribution in [3.8, 4) is 5.19 Å². The average molecular weight is 219 g/mol. The third-order valence-corrected chi connectivity index (χ3v) is 2.39. The van der Waals surface area contributed by atoms with Crippen LogP contribution < -0.4 is 4.74 Å². The van der Waals surface area contributed by atoms with E-state index in [1.165, 1.54) is 0 Å². The fraction of sp³-hybridized carbons (Fsp3) is 0.125. The van der Waals surface area contributed by atoms with Crippen LogP contribution in [-0.2, 0) is 0 Å². The quantitative estimate of drug-likeness (QED) is 0.734. The lowest BCUT2D eigenvalue weighted by molar-refractivity contribution is -0.274. The maximum Gasteiger partial charge on any atom is 0.574 e. The van der Waals surface area contributed by atoms with Gasteiger partial charge in [-0.3, -0.25) is 0 Å². The minimum absolute atomic E-state index is 0.376. The van der Waals surface area contributed by atoms with Crippen LogP contribution in [0.15, 0.2) is 24.3 Å². The molecule has 1 aromatic carbocycles. The van der Waals surface area contributed by atoms with Gasteiger partial charge in [0, 0.05) is 0 Å². The Morgan fingerprint density at radius 3 is 2.57 bits per heavy atom. The van der Waals surface area contributed by atoms with Gasteiger partial charge in [-0.05, 0) is 12.1 Å². The number of para-hydroxylation sites is 1. The Morgan fingerprint density at radius 2 is 1.93 bits per heavy atom. The Kier molecular flexibility index (Phi) is 2.07. The van der Waals surface area contributed by atoms with Gasteiger partial charge in [0.1, 0.15) is 0 Å². The first-order valence-electron chi connectivity index (χ1n) is 3.66. The average Bonchev–Trinajstić information content (AvgIpc) is 2.42. The van der Waals surface area contributed by atoms with Gasteiger partial charge in [0.15, 0.2) is 0 Å². The number of benzene rings is 1. The molecule has 1 aromatic heterocycles.